The quantitative estimate of drug-likeness (QED) is 0.740. The molecule has 0 aromatic heterocycles. The van der Waals surface area contributed by atoms with Gasteiger partial charge in [-0.15, -0.1) is 0 Å². The van der Waals surface area contributed by atoms with Gasteiger partial charge in [-0.1, -0.05) is 26.0 Å². The first-order valence-corrected chi connectivity index (χ1v) is 7.22. The van der Waals surface area contributed by atoms with Crippen molar-refractivity contribution in [3.8, 4) is 5.75 Å². The van der Waals surface area contributed by atoms with E-state index < -0.39 is 24.2 Å². The molecule has 0 spiro atoms. The van der Waals surface area contributed by atoms with E-state index in [1.807, 2.05) is 13.8 Å². The van der Waals surface area contributed by atoms with Gasteiger partial charge >= 0.3 is 12.1 Å². The van der Waals surface area contributed by atoms with Crippen molar-refractivity contribution < 1.29 is 28.9 Å². The highest BCUT2D eigenvalue weighted by atomic mass is 16.6. The van der Waals surface area contributed by atoms with E-state index in [9.17, 15) is 14.7 Å². The highest BCUT2D eigenvalue weighted by Gasteiger charge is 2.31. The van der Waals surface area contributed by atoms with E-state index in [0.29, 0.717) is 11.3 Å². The zero-order chi connectivity index (χ0) is 17.4. The molecule has 0 bridgehead atoms. The molecule has 1 amide bonds. The van der Waals surface area contributed by atoms with E-state index in [4.69, 9.17) is 9.47 Å². The van der Waals surface area contributed by atoms with Gasteiger partial charge in [0.25, 0.3) is 0 Å². The molecule has 0 aliphatic heterocycles. The number of benzene rings is 1. The van der Waals surface area contributed by atoms with Gasteiger partial charge in [-0.25, -0.2) is 9.59 Å². The van der Waals surface area contributed by atoms with Crippen molar-refractivity contribution in [1.29, 1.82) is 0 Å². The molecule has 0 aliphatic carbocycles. The van der Waals surface area contributed by atoms with Crippen LogP contribution in [-0.4, -0.2) is 44.0 Å². The van der Waals surface area contributed by atoms with E-state index in [-0.39, 0.29) is 12.5 Å². The number of nitrogens with one attached hydrogen (secondary N) is 1. The number of ether oxygens (including phenoxy) is 3. The molecule has 2 N–H and O–H groups in total. The van der Waals surface area contributed by atoms with Crippen molar-refractivity contribution in [3.05, 3.63) is 29.8 Å². The van der Waals surface area contributed by atoms with Gasteiger partial charge in [0.1, 0.15) is 11.9 Å². The summed E-state index contributed by atoms with van der Waals surface area (Å²) >= 11 is 0. The number of carbonyl (C=O) groups excluding carboxylic acids is 2. The molecule has 7 heteroatoms. The Hall–Kier alpha value is -2.28. The van der Waals surface area contributed by atoms with Crippen LogP contribution in [0.4, 0.5) is 4.79 Å². The van der Waals surface area contributed by atoms with E-state index >= 15 is 0 Å². The summed E-state index contributed by atoms with van der Waals surface area (Å²) in [5.74, 6) is -0.00137. The van der Waals surface area contributed by atoms with Crippen molar-refractivity contribution >= 4 is 12.1 Å². The van der Waals surface area contributed by atoms with Crippen molar-refractivity contribution in [1.82, 2.24) is 5.32 Å². The number of rotatable bonds is 7. The number of hydrogen-bond donors (Lipinski definition) is 2. The molecule has 0 aliphatic rings. The van der Waals surface area contributed by atoms with Gasteiger partial charge in [0.15, 0.2) is 6.04 Å². The Labute approximate surface area is 135 Å². The Balaban J connectivity index is 2.83. The van der Waals surface area contributed by atoms with Crippen LogP contribution in [0, 0.1) is 5.92 Å². The molecule has 23 heavy (non-hydrogen) atoms. The van der Waals surface area contributed by atoms with Crippen LogP contribution in [-0.2, 0) is 14.3 Å². The maximum absolute atomic E-state index is 11.8. The Morgan fingerprint density at radius 1 is 1.17 bits per heavy atom. The second-order valence-electron chi connectivity index (χ2n) is 5.36. The zero-order valence-electron chi connectivity index (χ0n) is 13.7. The van der Waals surface area contributed by atoms with Crippen molar-refractivity contribution in [2.75, 3.05) is 20.8 Å². The van der Waals surface area contributed by atoms with Crippen LogP contribution in [0.5, 0.6) is 5.75 Å². The van der Waals surface area contributed by atoms with Crippen LogP contribution in [0.3, 0.4) is 0 Å². The lowest BCUT2D eigenvalue weighted by Crippen LogP contribution is -2.46. The van der Waals surface area contributed by atoms with Gasteiger partial charge in [-0.3, -0.25) is 0 Å². The van der Waals surface area contributed by atoms with Gasteiger partial charge in [0.05, 0.1) is 20.8 Å². The van der Waals surface area contributed by atoms with E-state index in [0.717, 1.165) is 0 Å². The van der Waals surface area contributed by atoms with E-state index in [1.54, 1.807) is 24.3 Å². The molecule has 0 heterocycles. The molecule has 1 aromatic carbocycles. The number of alkyl carbamates (subject to hydrolysis) is 1. The third-order valence-corrected chi connectivity index (χ3v) is 3.05. The molecule has 2 atom stereocenters. The van der Waals surface area contributed by atoms with Crippen LogP contribution < -0.4 is 10.1 Å². The van der Waals surface area contributed by atoms with Crippen LogP contribution >= 0.6 is 0 Å². The number of esters is 1. The lowest BCUT2D eigenvalue weighted by molar-refractivity contribution is -0.146. The first-order chi connectivity index (χ1) is 10.9. The predicted molar refractivity (Wildman–Crippen MR) is 83.1 cm³/mol. The maximum Gasteiger partial charge on any atom is 0.407 e. The highest BCUT2D eigenvalue weighted by molar-refractivity contribution is 5.82. The molecule has 2 unspecified atom stereocenters. The highest BCUT2D eigenvalue weighted by Crippen LogP contribution is 2.21. The van der Waals surface area contributed by atoms with Crippen LogP contribution in [0.15, 0.2) is 24.3 Å². The number of aliphatic hydroxyl groups excluding tert-OH is 1. The molecular weight excluding hydrogens is 302 g/mol. The maximum atomic E-state index is 11.8. The van der Waals surface area contributed by atoms with E-state index in [2.05, 4.69) is 10.1 Å². The Bertz CT molecular complexity index is 514. The monoisotopic (exact) mass is 325 g/mol. The minimum absolute atomic E-state index is 0.156. The van der Waals surface area contributed by atoms with Crippen LogP contribution in [0.1, 0.15) is 25.5 Å². The normalized spacial score (nSPS) is 13.1. The minimum Gasteiger partial charge on any atom is -0.497 e. The van der Waals surface area contributed by atoms with Crippen LogP contribution in [0.25, 0.3) is 0 Å². The SMILES string of the molecule is COC(=O)C(NC(=O)OCC(C)C)C(O)c1ccc(OC)cc1. The number of methoxy groups -OCH3 is 2. The predicted octanol–water partition coefficient (Wildman–Crippen LogP) is 1.65. The molecule has 0 saturated heterocycles. The molecule has 0 saturated carbocycles. The number of aliphatic hydroxyl groups is 1. The Kier molecular flexibility index (Phi) is 7.34. The molecule has 128 valence electrons. The molecule has 1 aromatic rings. The second kappa shape index (κ2) is 8.99. The van der Waals surface area contributed by atoms with Gasteiger partial charge in [0, 0.05) is 0 Å². The summed E-state index contributed by atoms with van der Waals surface area (Å²) in [4.78, 5) is 23.6. The third kappa shape index (κ3) is 5.78. The summed E-state index contributed by atoms with van der Waals surface area (Å²) in [7, 11) is 2.70. The topological polar surface area (TPSA) is 94.1 Å². The average molecular weight is 325 g/mol. The summed E-state index contributed by atoms with van der Waals surface area (Å²) in [5, 5.41) is 12.7. The molecule has 0 fully saturated rings. The molecule has 7 nitrogen and oxygen atoms in total. The van der Waals surface area contributed by atoms with Gasteiger partial charge in [-0.05, 0) is 23.6 Å². The van der Waals surface area contributed by atoms with Gasteiger partial charge in [0.2, 0.25) is 0 Å². The average Bonchev–Trinajstić information content (AvgIpc) is 2.56. The first kappa shape index (κ1) is 18.8. The lowest BCUT2D eigenvalue weighted by Gasteiger charge is -2.22. The van der Waals surface area contributed by atoms with E-state index in [1.165, 1.54) is 14.2 Å². The summed E-state index contributed by atoms with van der Waals surface area (Å²) in [6.45, 7) is 3.98. The molecular formula is C16H23NO6. The number of carbonyl (C=O) groups is 2. The summed E-state index contributed by atoms with van der Waals surface area (Å²) in [5.41, 5.74) is 0.436. The third-order valence-electron chi connectivity index (χ3n) is 3.05. The lowest BCUT2D eigenvalue weighted by atomic mass is 10.0. The van der Waals surface area contributed by atoms with Crippen molar-refractivity contribution in [2.24, 2.45) is 5.92 Å². The summed E-state index contributed by atoms with van der Waals surface area (Å²) in [6, 6.07) is 5.21. The first-order valence-electron chi connectivity index (χ1n) is 7.22. The number of amides is 1. The smallest absolute Gasteiger partial charge is 0.407 e. The fourth-order valence-corrected chi connectivity index (χ4v) is 1.80. The fourth-order valence-electron chi connectivity index (χ4n) is 1.80. The largest absolute Gasteiger partial charge is 0.497 e. The number of hydrogen-bond acceptors (Lipinski definition) is 6. The summed E-state index contributed by atoms with van der Waals surface area (Å²) in [6.07, 6.45) is -2.07. The van der Waals surface area contributed by atoms with Gasteiger partial charge in [-0.2, -0.15) is 0 Å². The minimum atomic E-state index is -1.28. The zero-order valence-corrected chi connectivity index (χ0v) is 13.7. The molecule has 0 radical (unpaired) electrons. The molecule has 1 rings (SSSR count). The van der Waals surface area contributed by atoms with Crippen molar-refractivity contribution in [3.63, 3.8) is 0 Å². The fraction of sp³-hybridized carbons (Fsp3) is 0.500. The van der Waals surface area contributed by atoms with Gasteiger partial charge < -0.3 is 24.6 Å². The second-order valence-corrected chi connectivity index (χ2v) is 5.36. The van der Waals surface area contributed by atoms with Crippen LogP contribution in [0.2, 0.25) is 0 Å². The Morgan fingerprint density at radius 2 is 1.78 bits per heavy atom. The van der Waals surface area contributed by atoms with Crippen molar-refractivity contribution in [2.45, 2.75) is 26.0 Å². The Morgan fingerprint density at radius 3 is 2.26 bits per heavy atom. The summed E-state index contributed by atoms with van der Waals surface area (Å²) < 4.78 is 14.6. The standard InChI is InChI=1S/C16H23NO6/c1-10(2)9-23-16(20)17-13(15(19)22-4)14(18)11-5-7-12(21-3)8-6-11/h5-8,10,13-14,18H,9H2,1-4H3,(H,17,20).